The van der Waals surface area contributed by atoms with Gasteiger partial charge in [-0.15, -0.1) is 0 Å². The van der Waals surface area contributed by atoms with Crippen LogP contribution in [0.15, 0.2) is 8.96 Å². The van der Waals surface area contributed by atoms with Gasteiger partial charge in [-0.2, -0.15) is 0 Å². The van der Waals surface area contributed by atoms with Crippen molar-refractivity contribution in [3.8, 4) is 0 Å². The molecule has 0 bridgehead atoms. The van der Waals surface area contributed by atoms with Crippen molar-refractivity contribution in [3.63, 3.8) is 0 Å². The van der Waals surface area contributed by atoms with Crippen molar-refractivity contribution in [1.82, 2.24) is 0 Å². The first-order valence-electron chi connectivity index (χ1n) is 2.78. The lowest BCUT2D eigenvalue weighted by Crippen LogP contribution is -2.03. The summed E-state index contributed by atoms with van der Waals surface area (Å²) in [5.74, 6) is -0.336. The van der Waals surface area contributed by atoms with Crippen LogP contribution in [0.5, 0.6) is 0 Å². The monoisotopic (exact) mass is 270 g/mol. The molecule has 4 heteroatoms. The highest BCUT2D eigenvalue weighted by Gasteiger charge is 2.07. The minimum Gasteiger partial charge on any atom is -0.462 e. The maximum atomic E-state index is 10.8. The molecule has 0 spiro atoms. The summed E-state index contributed by atoms with van der Waals surface area (Å²) in [6, 6.07) is 0. The van der Waals surface area contributed by atoms with Crippen LogP contribution in [0.3, 0.4) is 0 Å². The third kappa shape index (κ3) is 3.37. The maximum absolute atomic E-state index is 10.8. The van der Waals surface area contributed by atoms with E-state index in [0.29, 0.717) is 11.1 Å². The van der Waals surface area contributed by atoms with Gasteiger partial charge in [-0.1, -0.05) is 15.9 Å². The van der Waals surface area contributed by atoms with E-state index in [-0.39, 0.29) is 5.97 Å². The van der Waals surface area contributed by atoms with Crippen LogP contribution in [0.25, 0.3) is 0 Å². The zero-order chi connectivity index (χ0) is 8.15. The summed E-state index contributed by atoms with van der Waals surface area (Å²) in [5, 5.41) is 0. The Morgan fingerprint density at radius 2 is 2.00 bits per heavy atom. The van der Waals surface area contributed by atoms with Crippen LogP contribution in [0.2, 0.25) is 0 Å². The van der Waals surface area contributed by atoms with Crippen LogP contribution in [0.4, 0.5) is 0 Å². The summed E-state index contributed by atoms with van der Waals surface area (Å²) in [6.07, 6.45) is 0. The minimum atomic E-state index is -0.336. The van der Waals surface area contributed by atoms with E-state index in [4.69, 9.17) is 4.74 Å². The second-order valence-electron chi connectivity index (χ2n) is 1.57. The fraction of sp³-hybridized carbons (Fsp3) is 0.500. The Labute approximate surface area is 76.9 Å². The molecule has 0 aliphatic carbocycles. The lowest BCUT2D eigenvalue weighted by molar-refractivity contribution is -0.137. The molecule has 0 aromatic carbocycles. The molecule has 0 N–H and O–H groups in total. The van der Waals surface area contributed by atoms with Crippen molar-refractivity contribution in [2.45, 2.75) is 13.8 Å². The van der Waals surface area contributed by atoms with Gasteiger partial charge in [0.05, 0.1) is 6.61 Å². The lowest BCUT2D eigenvalue weighted by atomic mass is 10.5. The molecule has 0 rings (SSSR count). The van der Waals surface area contributed by atoms with Gasteiger partial charge < -0.3 is 4.74 Å². The molecule has 0 aliphatic rings. The highest BCUT2D eigenvalue weighted by molar-refractivity contribution is 9.14. The first-order chi connectivity index (χ1) is 4.59. The summed E-state index contributed by atoms with van der Waals surface area (Å²) in [5.41, 5.74) is 0. The van der Waals surface area contributed by atoms with Gasteiger partial charge in [-0.3, -0.25) is 0 Å². The third-order valence-electron chi connectivity index (χ3n) is 0.757. The van der Waals surface area contributed by atoms with E-state index < -0.39 is 0 Å². The number of hydrogen-bond acceptors (Lipinski definition) is 2. The van der Waals surface area contributed by atoms with Gasteiger partial charge in [0.25, 0.3) is 0 Å². The molecular weight excluding hydrogens is 264 g/mol. The first-order valence-corrected chi connectivity index (χ1v) is 4.37. The normalized spacial score (nSPS) is 12.4. The summed E-state index contributed by atoms with van der Waals surface area (Å²) in [7, 11) is 0. The largest absolute Gasteiger partial charge is 0.462 e. The fourth-order valence-corrected chi connectivity index (χ4v) is 0.611. The SMILES string of the molecule is CCOC(=O)C(Br)=C(C)Br. The maximum Gasteiger partial charge on any atom is 0.346 e. The molecule has 2 nitrogen and oxygen atoms in total. The van der Waals surface area contributed by atoms with Crippen LogP contribution in [-0.2, 0) is 9.53 Å². The van der Waals surface area contributed by atoms with E-state index in [1.54, 1.807) is 13.8 Å². The first kappa shape index (κ1) is 10.2. The highest BCUT2D eigenvalue weighted by atomic mass is 79.9. The molecule has 0 saturated carbocycles. The average Bonchev–Trinajstić information content (AvgIpc) is 1.87. The Balaban J connectivity index is 4.09. The molecular formula is C6H8Br2O2. The van der Waals surface area contributed by atoms with E-state index in [1.165, 1.54) is 0 Å². The number of allylic oxidation sites excluding steroid dienone is 1. The van der Waals surface area contributed by atoms with Crippen molar-refractivity contribution in [2.24, 2.45) is 0 Å². The Morgan fingerprint density at radius 1 is 1.50 bits per heavy atom. The van der Waals surface area contributed by atoms with Gasteiger partial charge in [-0.25, -0.2) is 4.79 Å². The molecule has 0 atom stereocenters. The molecule has 58 valence electrons. The Bertz CT molecular complexity index is 159. The van der Waals surface area contributed by atoms with Crippen LogP contribution in [-0.4, -0.2) is 12.6 Å². The zero-order valence-corrected chi connectivity index (χ0v) is 8.95. The van der Waals surface area contributed by atoms with E-state index in [9.17, 15) is 4.79 Å². The van der Waals surface area contributed by atoms with Gasteiger partial charge in [0.2, 0.25) is 0 Å². The van der Waals surface area contributed by atoms with Gasteiger partial charge in [-0.05, 0) is 29.8 Å². The quantitative estimate of drug-likeness (QED) is 0.570. The van der Waals surface area contributed by atoms with E-state index in [0.717, 1.165) is 4.48 Å². The molecule has 0 aliphatic heterocycles. The number of ether oxygens (including phenoxy) is 1. The number of carbonyl (C=O) groups excluding carboxylic acids is 1. The molecule has 0 amide bonds. The van der Waals surface area contributed by atoms with Crippen molar-refractivity contribution in [2.75, 3.05) is 6.61 Å². The molecule has 0 unspecified atom stereocenters. The van der Waals surface area contributed by atoms with Crippen LogP contribution >= 0.6 is 31.9 Å². The number of halogens is 2. The number of carbonyl (C=O) groups is 1. The predicted molar refractivity (Wildman–Crippen MR) is 47.2 cm³/mol. The topological polar surface area (TPSA) is 26.3 Å². The molecule has 0 heterocycles. The second kappa shape index (κ2) is 4.91. The van der Waals surface area contributed by atoms with Crippen molar-refractivity contribution in [1.29, 1.82) is 0 Å². The summed E-state index contributed by atoms with van der Waals surface area (Å²) >= 11 is 6.21. The Morgan fingerprint density at radius 3 is 2.30 bits per heavy atom. The summed E-state index contributed by atoms with van der Waals surface area (Å²) in [4.78, 5) is 10.8. The van der Waals surface area contributed by atoms with Crippen LogP contribution in [0.1, 0.15) is 13.8 Å². The molecule has 10 heavy (non-hydrogen) atoms. The fourth-order valence-electron chi connectivity index (χ4n) is 0.335. The summed E-state index contributed by atoms with van der Waals surface area (Å²) < 4.78 is 5.87. The number of hydrogen-bond donors (Lipinski definition) is 0. The van der Waals surface area contributed by atoms with E-state index >= 15 is 0 Å². The summed E-state index contributed by atoms with van der Waals surface area (Å²) in [6.45, 7) is 3.93. The molecule has 0 aromatic heterocycles. The smallest absolute Gasteiger partial charge is 0.346 e. The van der Waals surface area contributed by atoms with Gasteiger partial charge >= 0.3 is 5.97 Å². The van der Waals surface area contributed by atoms with Crippen LogP contribution in [0, 0.1) is 0 Å². The number of esters is 1. The van der Waals surface area contributed by atoms with Crippen molar-refractivity contribution in [3.05, 3.63) is 8.96 Å². The van der Waals surface area contributed by atoms with Crippen molar-refractivity contribution >= 4 is 37.8 Å². The van der Waals surface area contributed by atoms with E-state index in [2.05, 4.69) is 31.9 Å². The van der Waals surface area contributed by atoms with Crippen LogP contribution < -0.4 is 0 Å². The van der Waals surface area contributed by atoms with E-state index in [1.807, 2.05) is 0 Å². The third-order valence-corrected chi connectivity index (χ3v) is 2.60. The molecule has 0 aromatic rings. The standard InChI is InChI=1S/C6H8Br2O2/c1-3-10-6(9)5(8)4(2)7/h3H2,1-2H3. The number of rotatable bonds is 2. The van der Waals surface area contributed by atoms with Crippen molar-refractivity contribution < 1.29 is 9.53 Å². The molecule has 0 fully saturated rings. The zero-order valence-electron chi connectivity index (χ0n) is 5.78. The van der Waals surface area contributed by atoms with Gasteiger partial charge in [0.15, 0.2) is 0 Å². The lowest BCUT2D eigenvalue weighted by Gasteiger charge is -1.99. The van der Waals surface area contributed by atoms with Gasteiger partial charge in [0, 0.05) is 4.48 Å². The minimum absolute atomic E-state index is 0.336. The molecule has 0 radical (unpaired) electrons. The average molecular weight is 272 g/mol. The second-order valence-corrected chi connectivity index (χ2v) is 3.55. The molecule has 0 saturated heterocycles. The highest BCUT2D eigenvalue weighted by Crippen LogP contribution is 2.17. The predicted octanol–water partition coefficient (Wildman–Crippen LogP) is 2.57. The Kier molecular flexibility index (Phi) is 4.99. The van der Waals surface area contributed by atoms with Gasteiger partial charge in [0.1, 0.15) is 4.48 Å². The Hall–Kier alpha value is 0.170.